The summed E-state index contributed by atoms with van der Waals surface area (Å²) >= 11 is 5.82. The smallest absolute Gasteiger partial charge is 0.240 e. The van der Waals surface area contributed by atoms with Crippen LogP contribution in [0.4, 0.5) is 5.69 Å². The van der Waals surface area contributed by atoms with Crippen molar-refractivity contribution < 1.29 is 13.2 Å². The van der Waals surface area contributed by atoms with Crippen molar-refractivity contribution in [1.82, 2.24) is 4.72 Å². The molecular formula is C13H21ClN2O3S. The molecule has 0 amide bonds. The third-order valence-corrected chi connectivity index (χ3v) is 4.38. The standard InChI is InChI=1S/C13H21ClN2O3S/c1-10(2)19-8-4-3-7-16-20(17,18)11-5-6-13(15)12(14)9-11/h5-6,9-10,16H,3-4,7-8,15H2,1-2H3. The minimum atomic E-state index is -3.53. The molecule has 0 aliphatic carbocycles. The summed E-state index contributed by atoms with van der Waals surface area (Å²) in [6, 6.07) is 4.26. The van der Waals surface area contributed by atoms with Crippen LogP contribution in [0, 0.1) is 0 Å². The summed E-state index contributed by atoms with van der Waals surface area (Å²) in [7, 11) is -3.53. The average molecular weight is 321 g/mol. The second kappa shape index (κ2) is 7.83. The van der Waals surface area contributed by atoms with Crippen molar-refractivity contribution in [2.45, 2.75) is 37.7 Å². The maximum Gasteiger partial charge on any atom is 0.240 e. The van der Waals surface area contributed by atoms with Crippen LogP contribution in [0.15, 0.2) is 23.1 Å². The third-order valence-electron chi connectivity index (χ3n) is 2.60. The Morgan fingerprint density at radius 3 is 2.65 bits per heavy atom. The fraction of sp³-hybridized carbons (Fsp3) is 0.538. The van der Waals surface area contributed by atoms with Crippen molar-refractivity contribution in [3.05, 3.63) is 23.2 Å². The van der Waals surface area contributed by atoms with Gasteiger partial charge in [0.1, 0.15) is 0 Å². The number of hydrogen-bond donors (Lipinski definition) is 2. The van der Waals surface area contributed by atoms with Crippen LogP contribution in [0.2, 0.25) is 5.02 Å². The van der Waals surface area contributed by atoms with E-state index in [9.17, 15) is 8.42 Å². The van der Waals surface area contributed by atoms with Crippen LogP contribution >= 0.6 is 11.6 Å². The second-order valence-electron chi connectivity index (χ2n) is 4.71. The molecule has 0 saturated heterocycles. The predicted octanol–water partition coefficient (Wildman–Crippen LogP) is 2.41. The fourth-order valence-electron chi connectivity index (χ4n) is 1.51. The van der Waals surface area contributed by atoms with Gasteiger partial charge in [-0.25, -0.2) is 13.1 Å². The molecule has 0 atom stereocenters. The van der Waals surface area contributed by atoms with E-state index in [4.69, 9.17) is 22.1 Å². The first-order chi connectivity index (χ1) is 9.33. The number of halogens is 1. The van der Waals surface area contributed by atoms with E-state index in [0.717, 1.165) is 6.42 Å². The molecule has 0 radical (unpaired) electrons. The number of nitrogen functional groups attached to an aromatic ring is 1. The van der Waals surface area contributed by atoms with Crippen molar-refractivity contribution in [2.75, 3.05) is 18.9 Å². The highest BCUT2D eigenvalue weighted by Crippen LogP contribution is 2.22. The van der Waals surface area contributed by atoms with Crippen LogP contribution in [0.1, 0.15) is 26.7 Å². The number of rotatable bonds is 8. The Balaban J connectivity index is 2.43. The molecule has 114 valence electrons. The fourth-order valence-corrected chi connectivity index (χ4v) is 2.86. The Bertz CT molecular complexity index is 532. The van der Waals surface area contributed by atoms with Crippen molar-refractivity contribution >= 4 is 27.3 Å². The number of anilines is 1. The van der Waals surface area contributed by atoms with E-state index in [0.29, 0.717) is 25.3 Å². The molecule has 0 spiro atoms. The van der Waals surface area contributed by atoms with Crippen molar-refractivity contribution in [2.24, 2.45) is 0 Å². The maximum absolute atomic E-state index is 12.0. The van der Waals surface area contributed by atoms with Gasteiger partial charge < -0.3 is 10.5 Å². The molecule has 1 aromatic rings. The Kier molecular flexibility index (Phi) is 6.75. The number of sulfonamides is 1. The zero-order chi connectivity index (χ0) is 15.2. The lowest BCUT2D eigenvalue weighted by molar-refractivity contribution is 0.0762. The predicted molar refractivity (Wildman–Crippen MR) is 81.4 cm³/mol. The summed E-state index contributed by atoms with van der Waals surface area (Å²) in [6.07, 6.45) is 1.72. The van der Waals surface area contributed by atoms with E-state index in [1.165, 1.54) is 18.2 Å². The lowest BCUT2D eigenvalue weighted by Crippen LogP contribution is -2.25. The topological polar surface area (TPSA) is 81.4 Å². The Morgan fingerprint density at radius 2 is 2.05 bits per heavy atom. The van der Waals surface area contributed by atoms with Crippen molar-refractivity contribution in [1.29, 1.82) is 0 Å². The Hall–Kier alpha value is -0.820. The number of ether oxygens (including phenoxy) is 1. The number of nitrogens with two attached hydrogens (primary N) is 1. The first-order valence-corrected chi connectivity index (χ1v) is 8.35. The normalized spacial score (nSPS) is 12.0. The van der Waals surface area contributed by atoms with Gasteiger partial charge in [0.05, 0.1) is 21.7 Å². The van der Waals surface area contributed by atoms with Gasteiger partial charge in [-0.15, -0.1) is 0 Å². The van der Waals surface area contributed by atoms with E-state index in [-0.39, 0.29) is 16.0 Å². The third kappa shape index (κ3) is 5.66. The summed E-state index contributed by atoms with van der Waals surface area (Å²) in [5.41, 5.74) is 5.91. The van der Waals surface area contributed by atoms with Gasteiger partial charge in [0.2, 0.25) is 10.0 Å². The van der Waals surface area contributed by atoms with E-state index in [1.807, 2.05) is 13.8 Å². The van der Waals surface area contributed by atoms with Gasteiger partial charge in [-0.05, 0) is 44.9 Å². The number of nitrogens with one attached hydrogen (secondary N) is 1. The first kappa shape index (κ1) is 17.2. The Morgan fingerprint density at radius 1 is 1.35 bits per heavy atom. The van der Waals surface area contributed by atoms with Crippen LogP contribution < -0.4 is 10.5 Å². The van der Waals surface area contributed by atoms with Crippen LogP contribution in [-0.4, -0.2) is 27.7 Å². The number of benzene rings is 1. The highest BCUT2D eigenvalue weighted by atomic mass is 35.5. The van der Waals surface area contributed by atoms with Crippen LogP contribution in [0.3, 0.4) is 0 Å². The second-order valence-corrected chi connectivity index (χ2v) is 6.88. The van der Waals surface area contributed by atoms with E-state index >= 15 is 0 Å². The monoisotopic (exact) mass is 320 g/mol. The van der Waals surface area contributed by atoms with Crippen LogP contribution in [0.5, 0.6) is 0 Å². The van der Waals surface area contributed by atoms with Crippen molar-refractivity contribution in [3.63, 3.8) is 0 Å². The molecule has 0 saturated carbocycles. The number of unbranched alkanes of at least 4 members (excludes halogenated alkanes) is 1. The summed E-state index contributed by atoms with van der Waals surface area (Å²) in [6.45, 7) is 4.93. The van der Waals surface area contributed by atoms with Gasteiger partial charge in [0, 0.05) is 13.2 Å². The first-order valence-electron chi connectivity index (χ1n) is 6.49. The van der Waals surface area contributed by atoms with Gasteiger partial charge in [0.25, 0.3) is 0 Å². The van der Waals surface area contributed by atoms with Gasteiger partial charge in [0.15, 0.2) is 0 Å². The van der Waals surface area contributed by atoms with Gasteiger partial charge in [-0.1, -0.05) is 11.6 Å². The summed E-state index contributed by atoms with van der Waals surface area (Å²) in [5, 5.41) is 0.234. The SMILES string of the molecule is CC(C)OCCCCNS(=O)(=O)c1ccc(N)c(Cl)c1. The molecule has 7 heteroatoms. The molecule has 0 bridgehead atoms. The number of hydrogen-bond acceptors (Lipinski definition) is 4. The van der Waals surface area contributed by atoms with E-state index in [2.05, 4.69) is 4.72 Å². The molecular weight excluding hydrogens is 300 g/mol. The molecule has 0 heterocycles. The van der Waals surface area contributed by atoms with Gasteiger partial charge in [-0.2, -0.15) is 0 Å². The van der Waals surface area contributed by atoms with Crippen LogP contribution in [0.25, 0.3) is 0 Å². The molecule has 0 aromatic heterocycles. The zero-order valence-electron chi connectivity index (χ0n) is 11.7. The highest BCUT2D eigenvalue weighted by molar-refractivity contribution is 7.89. The molecule has 0 aliphatic rings. The Labute approximate surface area is 125 Å². The zero-order valence-corrected chi connectivity index (χ0v) is 13.3. The largest absolute Gasteiger partial charge is 0.398 e. The minimum absolute atomic E-state index is 0.120. The maximum atomic E-state index is 12.0. The molecule has 0 unspecified atom stereocenters. The van der Waals surface area contributed by atoms with E-state index in [1.54, 1.807) is 0 Å². The average Bonchev–Trinajstić information content (AvgIpc) is 2.36. The molecule has 0 fully saturated rings. The minimum Gasteiger partial charge on any atom is -0.398 e. The highest BCUT2D eigenvalue weighted by Gasteiger charge is 2.14. The lowest BCUT2D eigenvalue weighted by Gasteiger charge is -2.09. The van der Waals surface area contributed by atoms with Crippen molar-refractivity contribution in [3.8, 4) is 0 Å². The summed E-state index contributed by atoms with van der Waals surface area (Å²) in [5.74, 6) is 0. The molecule has 5 nitrogen and oxygen atoms in total. The molecule has 1 rings (SSSR count). The quantitative estimate of drug-likeness (QED) is 0.569. The van der Waals surface area contributed by atoms with Gasteiger partial charge >= 0.3 is 0 Å². The van der Waals surface area contributed by atoms with Crippen LogP contribution in [-0.2, 0) is 14.8 Å². The molecule has 3 N–H and O–H groups in total. The van der Waals surface area contributed by atoms with E-state index < -0.39 is 10.0 Å². The summed E-state index contributed by atoms with van der Waals surface area (Å²) < 4.78 is 31.9. The lowest BCUT2D eigenvalue weighted by atomic mass is 10.3. The summed E-state index contributed by atoms with van der Waals surface area (Å²) in [4.78, 5) is 0.120. The molecule has 20 heavy (non-hydrogen) atoms. The van der Waals surface area contributed by atoms with Gasteiger partial charge in [-0.3, -0.25) is 0 Å². The molecule has 0 aliphatic heterocycles. The molecule has 1 aromatic carbocycles.